The topological polar surface area (TPSA) is 51.5 Å². The van der Waals surface area contributed by atoms with Crippen molar-refractivity contribution in [1.82, 2.24) is 4.57 Å². The normalized spacial score (nSPS) is 12.6. The smallest absolute Gasteiger partial charge is 0.354 e. The van der Waals surface area contributed by atoms with Crippen LogP contribution >= 0.6 is 0 Å². The Balaban J connectivity index is 2.87. The average molecular weight is 197 g/mol. The summed E-state index contributed by atoms with van der Waals surface area (Å²) in [5.41, 5.74) is 1.44. The second-order valence-electron chi connectivity index (χ2n) is 3.39. The second kappa shape index (κ2) is 4.28. The molecule has 0 aliphatic rings. The molecule has 4 nitrogen and oxygen atoms in total. The lowest BCUT2D eigenvalue weighted by Gasteiger charge is -1.98. The van der Waals surface area contributed by atoms with E-state index in [4.69, 9.17) is 0 Å². The van der Waals surface area contributed by atoms with Gasteiger partial charge in [0.1, 0.15) is 5.69 Å². The van der Waals surface area contributed by atoms with Crippen LogP contribution in [-0.4, -0.2) is 28.9 Å². The highest BCUT2D eigenvalue weighted by molar-refractivity contribution is 5.87. The highest BCUT2D eigenvalue weighted by Gasteiger charge is 2.12. The SMILES string of the molecule is COC(=O)c1cc(CC(C)O)cn1C. The minimum absolute atomic E-state index is 0.357. The molecule has 1 atom stereocenters. The van der Waals surface area contributed by atoms with Crippen LogP contribution in [0.4, 0.5) is 0 Å². The summed E-state index contributed by atoms with van der Waals surface area (Å²) < 4.78 is 6.31. The molecule has 1 aromatic rings. The summed E-state index contributed by atoms with van der Waals surface area (Å²) in [5.74, 6) is -0.357. The van der Waals surface area contributed by atoms with Crippen LogP contribution in [0.2, 0.25) is 0 Å². The molecule has 1 unspecified atom stereocenters. The fourth-order valence-corrected chi connectivity index (χ4v) is 1.39. The standard InChI is InChI=1S/C10H15NO3/c1-7(12)4-8-5-9(10(13)14-3)11(2)6-8/h5-7,12H,4H2,1-3H3. The minimum Gasteiger partial charge on any atom is -0.464 e. The average Bonchev–Trinajstić information content (AvgIpc) is 2.44. The Morgan fingerprint density at radius 2 is 2.36 bits per heavy atom. The molecule has 0 aromatic carbocycles. The first-order chi connectivity index (χ1) is 6.54. The van der Waals surface area contributed by atoms with E-state index in [0.717, 1.165) is 5.56 Å². The molecule has 0 saturated heterocycles. The molecule has 1 N–H and O–H groups in total. The van der Waals surface area contributed by atoms with Crippen LogP contribution in [-0.2, 0) is 18.2 Å². The van der Waals surface area contributed by atoms with Crippen molar-refractivity contribution in [3.63, 3.8) is 0 Å². The monoisotopic (exact) mass is 197 g/mol. The van der Waals surface area contributed by atoms with E-state index in [-0.39, 0.29) is 5.97 Å². The number of ether oxygens (including phenoxy) is 1. The molecule has 4 heteroatoms. The van der Waals surface area contributed by atoms with Gasteiger partial charge in [-0.15, -0.1) is 0 Å². The van der Waals surface area contributed by atoms with E-state index in [1.165, 1.54) is 7.11 Å². The van der Waals surface area contributed by atoms with Gasteiger partial charge in [-0.3, -0.25) is 0 Å². The molecule has 0 radical (unpaired) electrons. The van der Waals surface area contributed by atoms with Gasteiger partial charge in [-0.1, -0.05) is 0 Å². The number of aliphatic hydroxyl groups excluding tert-OH is 1. The van der Waals surface area contributed by atoms with E-state index >= 15 is 0 Å². The summed E-state index contributed by atoms with van der Waals surface area (Å²) in [7, 11) is 3.13. The van der Waals surface area contributed by atoms with Gasteiger partial charge in [0.05, 0.1) is 13.2 Å². The van der Waals surface area contributed by atoms with Crippen molar-refractivity contribution in [1.29, 1.82) is 0 Å². The third-order valence-corrected chi connectivity index (χ3v) is 1.99. The number of nitrogens with zero attached hydrogens (tertiary/aromatic N) is 1. The number of carbonyl (C=O) groups is 1. The predicted octanol–water partition coefficient (Wildman–Crippen LogP) is 0.735. The molecule has 1 heterocycles. The van der Waals surface area contributed by atoms with Crippen molar-refractivity contribution in [2.75, 3.05) is 7.11 Å². The quantitative estimate of drug-likeness (QED) is 0.727. The first-order valence-corrected chi connectivity index (χ1v) is 4.46. The number of esters is 1. The molecule has 14 heavy (non-hydrogen) atoms. The van der Waals surface area contributed by atoms with Crippen molar-refractivity contribution in [3.8, 4) is 0 Å². The van der Waals surface area contributed by atoms with Crippen molar-refractivity contribution < 1.29 is 14.6 Å². The number of hydrogen-bond acceptors (Lipinski definition) is 3. The molecule has 1 rings (SSSR count). The van der Waals surface area contributed by atoms with Crippen LogP contribution in [0.15, 0.2) is 12.3 Å². The van der Waals surface area contributed by atoms with Gasteiger partial charge in [0.15, 0.2) is 0 Å². The molecule has 0 saturated carbocycles. The Labute approximate surface area is 83.1 Å². The summed E-state index contributed by atoms with van der Waals surface area (Å²) in [4.78, 5) is 11.2. The Morgan fingerprint density at radius 1 is 1.71 bits per heavy atom. The minimum atomic E-state index is -0.400. The molecule has 0 fully saturated rings. The van der Waals surface area contributed by atoms with Crippen LogP contribution in [0.25, 0.3) is 0 Å². The molecule has 0 spiro atoms. The first kappa shape index (κ1) is 10.8. The maximum absolute atomic E-state index is 11.2. The van der Waals surface area contributed by atoms with Gasteiger partial charge in [0.2, 0.25) is 0 Å². The number of aryl methyl sites for hydroxylation is 1. The van der Waals surface area contributed by atoms with Crippen molar-refractivity contribution in [2.24, 2.45) is 7.05 Å². The summed E-state index contributed by atoms with van der Waals surface area (Å²) >= 11 is 0. The van der Waals surface area contributed by atoms with E-state index in [0.29, 0.717) is 12.1 Å². The van der Waals surface area contributed by atoms with Gasteiger partial charge in [-0.05, 0) is 25.0 Å². The molecular weight excluding hydrogens is 182 g/mol. The third kappa shape index (κ3) is 2.35. The molecule has 78 valence electrons. The lowest BCUT2D eigenvalue weighted by atomic mass is 10.1. The molecule has 0 bridgehead atoms. The Bertz CT molecular complexity index is 328. The fourth-order valence-electron chi connectivity index (χ4n) is 1.39. The zero-order valence-electron chi connectivity index (χ0n) is 8.65. The Morgan fingerprint density at radius 3 is 2.86 bits per heavy atom. The molecule has 0 amide bonds. The van der Waals surface area contributed by atoms with Crippen molar-refractivity contribution in [3.05, 3.63) is 23.5 Å². The largest absolute Gasteiger partial charge is 0.464 e. The lowest BCUT2D eigenvalue weighted by molar-refractivity contribution is 0.0590. The van der Waals surface area contributed by atoms with E-state index in [2.05, 4.69) is 4.74 Å². The summed E-state index contributed by atoms with van der Waals surface area (Å²) in [6.07, 6.45) is 1.96. The second-order valence-corrected chi connectivity index (χ2v) is 3.39. The summed E-state index contributed by atoms with van der Waals surface area (Å²) in [5, 5.41) is 9.18. The lowest BCUT2D eigenvalue weighted by Crippen LogP contribution is -2.06. The summed E-state index contributed by atoms with van der Waals surface area (Å²) in [6.45, 7) is 1.71. The van der Waals surface area contributed by atoms with Gasteiger partial charge in [-0.25, -0.2) is 4.79 Å². The van der Waals surface area contributed by atoms with Crippen LogP contribution in [0.5, 0.6) is 0 Å². The summed E-state index contributed by atoms with van der Waals surface area (Å²) in [6, 6.07) is 1.73. The van der Waals surface area contributed by atoms with Crippen LogP contribution in [0, 0.1) is 0 Å². The Hall–Kier alpha value is -1.29. The highest BCUT2D eigenvalue weighted by Crippen LogP contribution is 2.10. The number of rotatable bonds is 3. The first-order valence-electron chi connectivity index (χ1n) is 4.46. The number of carbonyl (C=O) groups excluding carboxylic acids is 1. The van der Waals surface area contributed by atoms with Crippen molar-refractivity contribution in [2.45, 2.75) is 19.4 Å². The van der Waals surface area contributed by atoms with E-state index in [1.807, 2.05) is 6.20 Å². The van der Waals surface area contributed by atoms with E-state index in [9.17, 15) is 9.90 Å². The third-order valence-electron chi connectivity index (χ3n) is 1.99. The number of hydrogen-bond donors (Lipinski definition) is 1. The Kier molecular flexibility index (Phi) is 3.30. The zero-order valence-corrected chi connectivity index (χ0v) is 8.65. The zero-order chi connectivity index (χ0) is 10.7. The van der Waals surface area contributed by atoms with Gasteiger partial charge in [-0.2, -0.15) is 0 Å². The number of aliphatic hydroxyl groups is 1. The number of aromatic nitrogens is 1. The van der Waals surface area contributed by atoms with Gasteiger partial charge in [0.25, 0.3) is 0 Å². The molecular formula is C10H15NO3. The van der Waals surface area contributed by atoms with E-state index in [1.54, 1.807) is 24.6 Å². The predicted molar refractivity (Wildman–Crippen MR) is 52.1 cm³/mol. The number of methoxy groups -OCH3 is 1. The van der Waals surface area contributed by atoms with Gasteiger partial charge < -0.3 is 14.4 Å². The van der Waals surface area contributed by atoms with Crippen molar-refractivity contribution >= 4 is 5.97 Å². The maximum Gasteiger partial charge on any atom is 0.354 e. The molecule has 0 aliphatic heterocycles. The van der Waals surface area contributed by atoms with E-state index < -0.39 is 6.10 Å². The van der Waals surface area contributed by atoms with Crippen LogP contribution in [0.3, 0.4) is 0 Å². The highest BCUT2D eigenvalue weighted by atomic mass is 16.5. The van der Waals surface area contributed by atoms with Gasteiger partial charge in [0, 0.05) is 13.2 Å². The van der Waals surface area contributed by atoms with Crippen LogP contribution in [0.1, 0.15) is 23.0 Å². The van der Waals surface area contributed by atoms with Crippen LogP contribution < -0.4 is 0 Å². The fraction of sp³-hybridized carbons (Fsp3) is 0.500. The molecule has 1 aromatic heterocycles. The van der Waals surface area contributed by atoms with Gasteiger partial charge >= 0.3 is 5.97 Å². The maximum atomic E-state index is 11.2. The molecule has 0 aliphatic carbocycles.